The smallest absolute Gasteiger partial charge is 0.340 e. The minimum absolute atomic E-state index is 0.00791. The SMILES string of the molecule is CCn1ncc(C(=O)c2cc(C)c3c(c2C)C(C)(C)CCS3(=O)=O)c1OS(=O)(=O)c1ccc(C)cc1. The number of hydrogen-bond donors (Lipinski definition) is 0. The van der Waals surface area contributed by atoms with Crippen molar-refractivity contribution >= 4 is 25.7 Å². The van der Waals surface area contributed by atoms with Crippen molar-refractivity contribution in [2.75, 3.05) is 5.75 Å². The lowest BCUT2D eigenvalue weighted by atomic mass is 9.77. The number of aryl methyl sites for hydroxylation is 3. The molecule has 2 aromatic carbocycles. The van der Waals surface area contributed by atoms with Gasteiger partial charge in [0, 0.05) is 12.1 Å². The highest BCUT2D eigenvalue weighted by Crippen LogP contribution is 2.43. The molecule has 0 amide bonds. The number of benzene rings is 2. The molecule has 0 N–H and O–H groups in total. The summed E-state index contributed by atoms with van der Waals surface area (Å²) < 4.78 is 58.6. The topological polar surface area (TPSA) is 112 Å². The second-order valence-electron chi connectivity index (χ2n) is 9.88. The second kappa shape index (κ2) is 8.85. The van der Waals surface area contributed by atoms with E-state index in [1.807, 2.05) is 20.8 Å². The van der Waals surface area contributed by atoms with Gasteiger partial charge in [-0.25, -0.2) is 13.1 Å². The Kier molecular flexibility index (Phi) is 6.41. The Morgan fingerprint density at radius 3 is 2.36 bits per heavy atom. The van der Waals surface area contributed by atoms with E-state index in [0.717, 1.165) is 5.56 Å². The first-order valence-corrected chi connectivity index (χ1v) is 14.7. The van der Waals surface area contributed by atoms with Gasteiger partial charge in [-0.2, -0.15) is 13.5 Å². The van der Waals surface area contributed by atoms with Crippen molar-refractivity contribution in [3.63, 3.8) is 0 Å². The Labute approximate surface area is 212 Å². The third kappa shape index (κ3) is 4.37. The van der Waals surface area contributed by atoms with Crippen molar-refractivity contribution in [2.45, 2.75) is 69.7 Å². The van der Waals surface area contributed by atoms with Gasteiger partial charge in [0.15, 0.2) is 15.6 Å². The number of carbonyl (C=O) groups excluding carboxylic acids is 1. The Balaban J connectivity index is 1.85. The predicted octanol–water partition coefficient (Wildman–Crippen LogP) is 4.28. The molecule has 0 bridgehead atoms. The Bertz CT molecular complexity index is 1580. The average Bonchev–Trinajstić information content (AvgIpc) is 3.19. The molecule has 192 valence electrons. The minimum atomic E-state index is -4.23. The van der Waals surface area contributed by atoms with E-state index < -0.39 is 31.2 Å². The number of carbonyl (C=O) groups is 1. The molecule has 0 aliphatic carbocycles. The van der Waals surface area contributed by atoms with Crippen LogP contribution >= 0.6 is 0 Å². The van der Waals surface area contributed by atoms with Gasteiger partial charge in [-0.05, 0) is 74.4 Å². The van der Waals surface area contributed by atoms with Gasteiger partial charge in [0.05, 0.1) is 16.8 Å². The third-order valence-corrected chi connectivity index (χ3v) is 9.90. The molecular formula is C26H30N2O6S2. The van der Waals surface area contributed by atoms with Gasteiger partial charge in [0.1, 0.15) is 10.5 Å². The largest absolute Gasteiger partial charge is 0.358 e. The van der Waals surface area contributed by atoms with E-state index >= 15 is 0 Å². The first-order valence-electron chi connectivity index (χ1n) is 11.7. The van der Waals surface area contributed by atoms with E-state index in [1.165, 1.54) is 23.0 Å². The van der Waals surface area contributed by atoms with Gasteiger partial charge < -0.3 is 4.18 Å². The third-order valence-electron chi connectivity index (χ3n) is 6.79. The molecule has 3 aromatic rings. The molecule has 0 radical (unpaired) electrons. The zero-order valence-corrected chi connectivity index (χ0v) is 22.9. The lowest BCUT2D eigenvalue weighted by molar-refractivity contribution is 0.103. The van der Waals surface area contributed by atoms with Crippen molar-refractivity contribution in [3.05, 3.63) is 69.9 Å². The van der Waals surface area contributed by atoms with Crippen LogP contribution in [0, 0.1) is 20.8 Å². The lowest BCUT2D eigenvalue weighted by Crippen LogP contribution is -2.33. The van der Waals surface area contributed by atoms with Gasteiger partial charge in [-0.1, -0.05) is 31.5 Å². The number of ketones is 1. The molecule has 1 aliphatic rings. The van der Waals surface area contributed by atoms with E-state index in [9.17, 15) is 21.6 Å². The monoisotopic (exact) mass is 530 g/mol. The number of nitrogens with zero attached hydrogens (tertiary/aromatic N) is 2. The molecule has 0 spiro atoms. The zero-order chi connectivity index (χ0) is 26.6. The fourth-order valence-electron chi connectivity index (χ4n) is 4.81. The maximum absolute atomic E-state index is 13.8. The summed E-state index contributed by atoms with van der Waals surface area (Å²) in [6.07, 6.45) is 1.74. The highest BCUT2D eigenvalue weighted by Gasteiger charge is 2.39. The van der Waals surface area contributed by atoms with Crippen molar-refractivity contribution < 1.29 is 25.8 Å². The van der Waals surface area contributed by atoms with Crippen LogP contribution in [0.25, 0.3) is 0 Å². The first kappa shape index (κ1) is 26.1. The molecule has 2 heterocycles. The van der Waals surface area contributed by atoms with Crippen molar-refractivity contribution in [1.82, 2.24) is 9.78 Å². The van der Waals surface area contributed by atoms with Crippen LogP contribution < -0.4 is 4.18 Å². The fourth-order valence-corrected chi connectivity index (χ4v) is 8.03. The van der Waals surface area contributed by atoms with E-state index in [2.05, 4.69) is 5.10 Å². The molecule has 0 saturated heterocycles. The average molecular weight is 531 g/mol. The fraction of sp³-hybridized carbons (Fsp3) is 0.385. The molecule has 4 rings (SSSR count). The molecule has 8 nitrogen and oxygen atoms in total. The van der Waals surface area contributed by atoms with E-state index in [0.29, 0.717) is 28.7 Å². The maximum atomic E-state index is 13.8. The maximum Gasteiger partial charge on any atom is 0.340 e. The Morgan fingerprint density at radius 1 is 1.11 bits per heavy atom. The van der Waals surface area contributed by atoms with Gasteiger partial charge in [0.25, 0.3) is 0 Å². The zero-order valence-electron chi connectivity index (χ0n) is 21.2. The minimum Gasteiger partial charge on any atom is -0.358 e. The van der Waals surface area contributed by atoms with Gasteiger partial charge in [0.2, 0.25) is 5.88 Å². The van der Waals surface area contributed by atoms with Crippen LogP contribution in [-0.2, 0) is 31.9 Å². The summed E-state index contributed by atoms with van der Waals surface area (Å²) in [4.78, 5) is 14.1. The Morgan fingerprint density at radius 2 is 1.75 bits per heavy atom. The van der Waals surface area contributed by atoms with Gasteiger partial charge in [-0.3, -0.25) is 4.79 Å². The molecule has 0 atom stereocenters. The van der Waals surface area contributed by atoms with Crippen LogP contribution in [0.1, 0.15) is 65.4 Å². The van der Waals surface area contributed by atoms with E-state index in [-0.39, 0.29) is 33.5 Å². The summed E-state index contributed by atoms with van der Waals surface area (Å²) in [5, 5.41) is 4.17. The van der Waals surface area contributed by atoms with Crippen molar-refractivity contribution in [2.24, 2.45) is 0 Å². The lowest BCUT2D eigenvalue weighted by Gasteiger charge is -2.35. The molecular weight excluding hydrogens is 500 g/mol. The van der Waals surface area contributed by atoms with Crippen LogP contribution in [0.4, 0.5) is 0 Å². The summed E-state index contributed by atoms with van der Waals surface area (Å²) in [6, 6.07) is 7.77. The van der Waals surface area contributed by atoms with Gasteiger partial charge >= 0.3 is 10.1 Å². The molecule has 1 aromatic heterocycles. The molecule has 0 saturated carbocycles. The quantitative estimate of drug-likeness (QED) is 0.345. The van der Waals surface area contributed by atoms with E-state index in [1.54, 1.807) is 39.0 Å². The van der Waals surface area contributed by atoms with Gasteiger partial charge in [-0.15, -0.1) is 0 Å². The summed E-state index contributed by atoms with van der Waals surface area (Å²) >= 11 is 0. The highest BCUT2D eigenvalue weighted by atomic mass is 32.2. The Hall–Kier alpha value is -2.98. The van der Waals surface area contributed by atoms with Crippen LogP contribution in [0.5, 0.6) is 5.88 Å². The normalized spacial score (nSPS) is 16.4. The van der Waals surface area contributed by atoms with Crippen LogP contribution in [-0.4, -0.2) is 38.2 Å². The number of fused-ring (bicyclic) bond motifs is 1. The van der Waals surface area contributed by atoms with Crippen molar-refractivity contribution in [3.8, 4) is 5.88 Å². The van der Waals surface area contributed by atoms with E-state index in [4.69, 9.17) is 4.18 Å². The number of sulfone groups is 1. The summed E-state index contributed by atoms with van der Waals surface area (Å²) in [7, 11) is -7.70. The molecule has 0 fully saturated rings. The van der Waals surface area contributed by atoms with Crippen LogP contribution in [0.3, 0.4) is 0 Å². The number of aromatic nitrogens is 2. The molecule has 36 heavy (non-hydrogen) atoms. The summed E-state index contributed by atoms with van der Waals surface area (Å²) in [6.45, 7) is 11.2. The molecule has 10 heteroatoms. The van der Waals surface area contributed by atoms with Crippen molar-refractivity contribution in [1.29, 1.82) is 0 Å². The summed E-state index contributed by atoms with van der Waals surface area (Å²) in [5.41, 5.74) is 2.42. The number of hydrogen-bond acceptors (Lipinski definition) is 7. The summed E-state index contributed by atoms with van der Waals surface area (Å²) in [5.74, 6) is -0.602. The number of rotatable bonds is 6. The predicted molar refractivity (Wildman–Crippen MR) is 136 cm³/mol. The molecule has 0 unspecified atom stereocenters. The van der Waals surface area contributed by atoms with Crippen LogP contribution in [0.15, 0.2) is 46.3 Å². The van der Waals surface area contributed by atoms with Crippen LogP contribution in [0.2, 0.25) is 0 Å². The molecule has 1 aliphatic heterocycles. The highest BCUT2D eigenvalue weighted by molar-refractivity contribution is 7.91. The standard InChI is InChI=1S/C26H30N2O6S2/c1-7-28-25(34-36(32,33)19-10-8-16(2)9-11-19)21(15-27-28)23(29)20-14-17(3)24-22(18(20)4)26(5,6)12-13-35(24,30)31/h8-11,14-15H,7,12-13H2,1-6H3. The first-order chi connectivity index (χ1) is 16.7. The second-order valence-corrected chi connectivity index (χ2v) is 13.5.